The van der Waals surface area contributed by atoms with Crippen molar-refractivity contribution in [2.45, 2.75) is 76.9 Å². The van der Waals surface area contributed by atoms with Gasteiger partial charge in [0, 0.05) is 19.0 Å². The van der Waals surface area contributed by atoms with Crippen LogP contribution in [0.3, 0.4) is 0 Å². The van der Waals surface area contributed by atoms with Crippen LogP contribution in [0.15, 0.2) is 70.4 Å². The Kier molecular flexibility index (Phi) is 9.08. The van der Waals surface area contributed by atoms with Crippen molar-refractivity contribution in [2.75, 3.05) is 27.2 Å². The van der Waals surface area contributed by atoms with Crippen LogP contribution in [-0.4, -0.2) is 62.4 Å². The number of carbonyl (C=O) groups excluding carboxylic acids is 1. The van der Waals surface area contributed by atoms with E-state index >= 15 is 0 Å². The average molecular weight is 626 g/mol. The third-order valence-corrected chi connectivity index (χ3v) is 10.3. The zero-order valence-corrected chi connectivity index (χ0v) is 27.3. The fraction of sp³-hybridized carbons (Fsp3) is 0.459. The zero-order valence-electron chi connectivity index (χ0n) is 27.3. The van der Waals surface area contributed by atoms with Crippen molar-refractivity contribution in [2.24, 2.45) is 5.92 Å². The van der Waals surface area contributed by atoms with Gasteiger partial charge in [-0.15, -0.1) is 0 Å². The van der Waals surface area contributed by atoms with Gasteiger partial charge in [-0.25, -0.2) is 18.7 Å². The highest BCUT2D eigenvalue weighted by atomic mass is 19.1. The number of nitrogens with zero attached hydrogens (tertiary/aromatic N) is 5. The van der Waals surface area contributed by atoms with E-state index in [0.29, 0.717) is 30.7 Å². The van der Waals surface area contributed by atoms with E-state index in [2.05, 4.69) is 48.0 Å². The van der Waals surface area contributed by atoms with E-state index in [4.69, 9.17) is 0 Å². The number of Topliss-reactive ketones (excluding diaryl/α,β-unsaturated/α-hetero) is 1. The second-order valence-electron chi connectivity index (χ2n) is 13.3. The third kappa shape index (κ3) is 6.10. The van der Waals surface area contributed by atoms with Crippen molar-refractivity contribution in [1.29, 1.82) is 0 Å². The molecule has 9 heteroatoms. The molecule has 0 bridgehead atoms. The summed E-state index contributed by atoms with van der Waals surface area (Å²) in [5.41, 5.74) is 2.54. The molecular weight excluding hydrogens is 581 g/mol. The minimum absolute atomic E-state index is 0.0738. The van der Waals surface area contributed by atoms with Gasteiger partial charge in [-0.1, -0.05) is 50.2 Å². The highest BCUT2D eigenvalue weighted by Gasteiger charge is 2.51. The summed E-state index contributed by atoms with van der Waals surface area (Å²) >= 11 is 0. The number of rotatable bonds is 11. The summed E-state index contributed by atoms with van der Waals surface area (Å²) < 4.78 is 17.2. The zero-order chi connectivity index (χ0) is 32.6. The van der Waals surface area contributed by atoms with Gasteiger partial charge in [-0.3, -0.25) is 24.0 Å². The topological polar surface area (TPSA) is 80.4 Å². The van der Waals surface area contributed by atoms with Gasteiger partial charge in [-0.05, 0) is 107 Å². The van der Waals surface area contributed by atoms with E-state index in [1.807, 2.05) is 43.3 Å². The Labute approximate surface area is 269 Å². The molecule has 2 aromatic heterocycles. The van der Waals surface area contributed by atoms with Gasteiger partial charge in [-0.2, -0.15) is 0 Å². The number of aromatic nitrogens is 3. The molecule has 0 amide bonds. The summed E-state index contributed by atoms with van der Waals surface area (Å²) in [5.74, 6) is -0.100. The Bertz CT molecular complexity index is 1850. The Balaban J connectivity index is 1.31. The molecule has 2 aliphatic rings. The molecule has 0 radical (unpaired) electrons. The molecule has 0 spiro atoms. The third-order valence-electron chi connectivity index (χ3n) is 10.3. The molecule has 2 fully saturated rings. The summed E-state index contributed by atoms with van der Waals surface area (Å²) in [7, 11) is 3.94. The molecule has 0 atom stereocenters. The smallest absolute Gasteiger partial charge is 0.300 e. The lowest BCUT2D eigenvalue weighted by Gasteiger charge is -2.31. The Morgan fingerprint density at radius 3 is 2.28 bits per heavy atom. The fourth-order valence-electron chi connectivity index (χ4n) is 7.22. The van der Waals surface area contributed by atoms with Crippen molar-refractivity contribution in [1.82, 2.24) is 23.9 Å². The van der Waals surface area contributed by atoms with E-state index in [1.54, 1.807) is 0 Å². The van der Waals surface area contributed by atoms with Crippen molar-refractivity contribution < 1.29 is 9.18 Å². The van der Waals surface area contributed by atoms with Crippen LogP contribution in [-0.2, 0) is 11.3 Å². The lowest BCUT2D eigenvalue weighted by molar-refractivity contribution is -0.126. The summed E-state index contributed by atoms with van der Waals surface area (Å²) in [6.07, 6.45) is 6.12. The van der Waals surface area contributed by atoms with Crippen molar-refractivity contribution in [3.8, 4) is 16.8 Å². The van der Waals surface area contributed by atoms with Crippen molar-refractivity contribution in [3.05, 3.63) is 93.0 Å². The molecule has 2 saturated carbocycles. The predicted octanol–water partition coefficient (Wildman–Crippen LogP) is 5.98. The first-order valence-electron chi connectivity index (χ1n) is 16.6. The molecule has 2 aromatic carbocycles. The minimum atomic E-state index is -0.628. The first-order chi connectivity index (χ1) is 22.1. The van der Waals surface area contributed by atoms with Crippen LogP contribution in [0.2, 0.25) is 0 Å². The number of pyridine rings is 1. The summed E-state index contributed by atoms with van der Waals surface area (Å²) in [5, 5.41) is 0.0738. The second-order valence-corrected chi connectivity index (χ2v) is 13.3. The number of ketones is 1. The van der Waals surface area contributed by atoms with Crippen LogP contribution in [0.25, 0.3) is 27.8 Å². The molecule has 0 aliphatic heterocycles. The highest BCUT2D eigenvalue weighted by molar-refractivity contribution is 5.91. The number of fused-ring (bicyclic) bond motifs is 1. The maximum absolute atomic E-state index is 14.5. The maximum atomic E-state index is 14.5. The quantitative estimate of drug-likeness (QED) is 0.204. The normalized spacial score (nSPS) is 19.2. The van der Waals surface area contributed by atoms with Gasteiger partial charge >= 0.3 is 5.69 Å². The molecular formula is C37H44FN5O3. The molecule has 4 aromatic rings. The Morgan fingerprint density at radius 2 is 1.65 bits per heavy atom. The standard InChI is InChI=1S/C37H44FN5O3/c1-5-41(6-2)24-26-10-14-27(15-11-26)28-8-7-9-31(21-28)42-34-32(22-29(38)23-39-34)35(45)43(36(42)46)30-16-12-25(13-17-30)20-33(44)37(18-19-37)40(3)4/h7-11,14-15,21-23,25,30H,5-6,12-13,16-20,24H2,1-4H3. The van der Waals surface area contributed by atoms with Crippen LogP contribution in [0, 0.1) is 11.7 Å². The molecule has 8 nitrogen and oxygen atoms in total. The average Bonchev–Trinajstić information content (AvgIpc) is 3.88. The lowest BCUT2D eigenvalue weighted by atomic mass is 9.81. The number of carbonyl (C=O) groups is 1. The van der Waals surface area contributed by atoms with E-state index in [9.17, 15) is 18.8 Å². The molecule has 6 rings (SSSR count). The SMILES string of the molecule is CCN(CC)Cc1ccc(-c2cccc(-n3c(=O)n(C4CCC(CC(=O)C5(N(C)C)CC5)CC4)c(=O)c4cc(F)cnc43)c2)cc1. The number of hydrogen-bond donors (Lipinski definition) is 0. The molecule has 2 aliphatic carbocycles. The molecule has 2 heterocycles. The summed E-state index contributed by atoms with van der Waals surface area (Å²) in [6.45, 7) is 7.17. The summed E-state index contributed by atoms with van der Waals surface area (Å²) in [6, 6.07) is 16.9. The number of likely N-dealkylation sites (N-methyl/N-ethyl adjacent to an activating group) is 1. The van der Waals surface area contributed by atoms with E-state index in [0.717, 1.165) is 62.6 Å². The number of hydrogen-bond acceptors (Lipinski definition) is 6. The minimum Gasteiger partial charge on any atom is -0.300 e. The van der Waals surface area contributed by atoms with Gasteiger partial charge in [0.05, 0.1) is 22.8 Å². The van der Waals surface area contributed by atoms with Crippen molar-refractivity contribution >= 4 is 16.8 Å². The summed E-state index contributed by atoms with van der Waals surface area (Å²) in [4.78, 5) is 49.8. The molecule has 0 N–H and O–H groups in total. The van der Waals surface area contributed by atoms with Crippen LogP contribution in [0.1, 0.15) is 70.4 Å². The van der Waals surface area contributed by atoms with Crippen LogP contribution in [0.4, 0.5) is 4.39 Å². The first kappa shape index (κ1) is 32.0. The van der Waals surface area contributed by atoms with Gasteiger partial charge < -0.3 is 0 Å². The van der Waals surface area contributed by atoms with Crippen LogP contribution >= 0.6 is 0 Å². The van der Waals surface area contributed by atoms with Crippen molar-refractivity contribution in [3.63, 3.8) is 0 Å². The van der Waals surface area contributed by atoms with Crippen LogP contribution in [0.5, 0.6) is 0 Å². The molecule has 242 valence electrons. The molecule has 46 heavy (non-hydrogen) atoms. The van der Waals surface area contributed by atoms with Crippen LogP contribution < -0.4 is 11.2 Å². The highest BCUT2D eigenvalue weighted by Crippen LogP contribution is 2.44. The van der Waals surface area contributed by atoms with Gasteiger partial charge in [0.25, 0.3) is 5.56 Å². The van der Waals surface area contributed by atoms with Gasteiger partial charge in [0.2, 0.25) is 0 Å². The predicted molar refractivity (Wildman–Crippen MR) is 180 cm³/mol. The number of benzene rings is 2. The maximum Gasteiger partial charge on any atom is 0.337 e. The monoisotopic (exact) mass is 625 g/mol. The number of halogens is 1. The van der Waals surface area contributed by atoms with E-state index in [1.165, 1.54) is 20.8 Å². The van der Waals surface area contributed by atoms with Gasteiger partial charge in [0.1, 0.15) is 5.82 Å². The lowest BCUT2D eigenvalue weighted by Crippen LogP contribution is -2.43. The van der Waals surface area contributed by atoms with E-state index < -0.39 is 17.1 Å². The van der Waals surface area contributed by atoms with E-state index in [-0.39, 0.29) is 28.5 Å². The Hall–Kier alpha value is -3.95. The largest absolute Gasteiger partial charge is 0.337 e. The molecule has 0 unspecified atom stereocenters. The molecule has 0 saturated heterocycles. The fourth-order valence-corrected chi connectivity index (χ4v) is 7.22. The second kappa shape index (κ2) is 13.0. The first-order valence-corrected chi connectivity index (χ1v) is 16.6. The Morgan fingerprint density at radius 1 is 0.957 bits per heavy atom. The van der Waals surface area contributed by atoms with Gasteiger partial charge in [0.15, 0.2) is 11.4 Å².